The van der Waals surface area contributed by atoms with Crippen LogP contribution in [0.2, 0.25) is 0 Å². The van der Waals surface area contributed by atoms with Crippen LogP contribution in [0.4, 0.5) is 5.69 Å². The van der Waals surface area contributed by atoms with E-state index in [9.17, 15) is 4.21 Å². The Labute approximate surface area is 99.4 Å². The Bertz CT molecular complexity index is 366. The number of ether oxygens (including phenoxy) is 1. The van der Waals surface area contributed by atoms with Crippen molar-refractivity contribution in [1.82, 2.24) is 0 Å². The van der Waals surface area contributed by atoms with Crippen LogP contribution >= 0.6 is 0 Å². The van der Waals surface area contributed by atoms with Crippen molar-refractivity contribution in [3.05, 3.63) is 23.8 Å². The van der Waals surface area contributed by atoms with E-state index < -0.39 is 10.8 Å². The SMILES string of the molecule is CCCOCCS(=O)c1ccc(C)cc1N. The van der Waals surface area contributed by atoms with E-state index in [0.29, 0.717) is 22.9 Å². The normalized spacial score (nSPS) is 12.6. The van der Waals surface area contributed by atoms with Gasteiger partial charge < -0.3 is 10.5 Å². The third-order valence-corrected chi connectivity index (χ3v) is 3.57. The van der Waals surface area contributed by atoms with Crippen LogP contribution in [0.15, 0.2) is 23.1 Å². The third-order valence-electron chi connectivity index (χ3n) is 2.17. The van der Waals surface area contributed by atoms with Gasteiger partial charge in [-0.25, -0.2) is 0 Å². The highest BCUT2D eigenvalue weighted by atomic mass is 32.2. The van der Waals surface area contributed by atoms with Gasteiger partial charge in [0.25, 0.3) is 0 Å². The molecule has 1 aromatic carbocycles. The molecule has 3 nitrogen and oxygen atoms in total. The van der Waals surface area contributed by atoms with E-state index in [-0.39, 0.29) is 0 Å². The average molecular weight is 241 g/mol. The fraction of sp³-hybridized carbons (Fsp3) is 0.500. The van der Waals surface area contributed by atoms with E-state index in [0.717, 1.165) is 18.6 Å². The summed E-state index contributed by atoms with van der Waals surface area (Å²) < 4.78 is 17.2. The molecule has 0 aliphatic heterocycles. The lowest BCUT2D eigenvalue weighted by Crippen LogP contribution is -2.08. The van der Waals surface area contributed by atoms with Crippen molar-refractivity contribution in [2.45, 2.75) is 25.2 Å². The summed E-state index contributed by atoms with van der Waals surface area (Å²) in [6.45, 7) is 5.26. The molecule has 0 bridgehead atoms. The zero-order valence-electron chi connectivity index (χ0n) is 9.86. The van der Waals surface area contributed by atoms with E-state index >= 15 is 0 Å². The number of hydrogen-bond donors (Lipinski definition) is 1. The lowest BCUT2D eigenvalue weighted by atomic mass is 10.2. The van der Waals surface area contributed by atoms with Gasteiger partial charge in [0.1, 0.15) is 0 Å². The Kier molecular flexibility index (Phi) is 5.49. The number of rotatable bonds is 6. The Balaban J connectivity index is 2.53. The second-order valence-corrected chi connectivity index (χ2v) is 5.24. The van der Waals surface area contributed by atoms with Crippen LogP contribution in [0, 0.1) is 6.92 Å². The van der Waals surface area contributed by atoms with Crippen molar-refractivity contribution in [1.29, 1.82) is 0 Å². The molecule has 4 heteroatoms. The smallest absolute Gasteiger partial charge is 0.0618 e. The van der Waals surface area contributed by atoms with Gasteiger partial charge >= 0.3 is 0 Å². The number of hydrogen-bond acceptors (Lipinski definition) is 3. The minimum absolute atomic E-state index is 0.507. The fourth-order valence-electron chi connectivity index (χ4n) is 1.37. The second-order valence-electron chi connectivity index (χ2n) is 3.70. The molecule has 2 N–H and O–H groups in total. The van der Waals surface area contributed by atoms with Crippen LogP contribution in [0.25, 0.3) is 0 Å². The average Bonchev–Trinajstić information content (AvgIpc) is 2.24. The van der Waals surface area contributed by atoms with Crippen LogP contribution in [0.3, 0.4) is 0 Å². The summed E-state index contributed by atoms with van der Waals surface area (Å²) in [7, 11) is -1.06. The number of anilines is 1. The maximum atomic E-state index is 11.9. The standard InChI is InChI=1S/C12H19NO2S/c1-3-6-15-7-8-16(14)12-5-4-10(2)9-11(12)13/h4-5,9H,3,6-8,13H2,1-2H3. The van der Waals surface area contributed by atoms with Gasteiger partial charge in [-0.15, -0.1) is 0 Å². The summed E-state index contributed by atoms with van der Waals surface area (Å²) >= 11 is 0. The molecule has 0 aliphatic carbocycles. The summed E-state index contributed by atoms with van der Waals surface area (Å²) in [6, 6.07) is 5.61. The first-order valence-electron chi connectivity index (χ1n) is 5.47. The molecular formula is C12H19NO2S. The lowest BCUT2D eigenvalue weighted by Gasteiger charge is -2.07. The highest BCUT2D eigenvalue weighted by molar-refractivity contribution is 7.85. The number of nitrogens with two attached hydrogens (primary N) is 1. The van der Waals surface area contributed by atoms with E-state index in [1.165, 1.54) is 0 Å². The zero-order chi connectivity index (χ0) is 12.0. The minimum atomic E-state index is -1.06. The maximum Gasteiger partial charge on any atom is 0.0618 e. The third kappa shape index (κ3) is 3.94. The number of nitrogen functional groups attached to an aromatic ring is 1. The molecule has 1 unspecified atom stereocenters. The molecule has 0 saturated heterocycles. The minimum Gasteiger partial charge on any atom is -0.398 e. The Morgan fingerprint density at radius 2 is 2.12 bits per heavy atom. The Morgan fingerprint density at radius 1 is 1.38 bits per heavy atom. The molecule has 90 valence electrons. The Hall–Kier alpha value is -0.870. The van der Waals surface area contributed by atoms with Gasteiger partial charge in [0, 0.05) is 12.3 Å². The van der Waals surface area contributed by atoms with Gasteiger partial charge in [0.2, 0.25) is 0 Å². The molecule has 0 aromatic heterocycles. The highest BCUT2D eigenvalue weighted by Crippen LogP contribution is 2.17. The molecule has 0 spiro atoms. The van der Waals surface area contributed by atoms with Crippen molar-refractivity contribution >= 4 is 16.5 Å². The molecule has 0 amide bonds. The van der Waals surface area contributed by atoms with Gasteiger partial charge in [-0.05, 0) is 31.0 Å². The molecule has 1 rings (SSSR count). The van der Waals surface area contributed by atoms with E-state index in [1.54, 1.807) is 0 Å². The maximum absolute atomic E-state index is 11.9. The second kappa shape index (κ2) is 6.66. The quantitative estimate of drug-likeness (QED) is 0.613. The molecule has 0 saturated carbocycles. The first kappa shape index (κ1) is 13.2. The first-order chi connectivity index (χ1) is 7.65. The van der Waals surface area contributed by atoms with E-state index in [1.807, 2.05) is 25.1 Å². The molecular weight excluding hydrogens is 222 g/mol. The predicted octanol–water partition coefficient (Wildman–Crippen LogP) is 2.11. The molecule has 1 aromatic rings. The topological polar surface area (TPSA) is 52.3 Å². The fourth-order valence-corrected chi connectivity index (χ4v) is 2.40. The van der Waals surface area contributed by atoms with Crippen LogP contribution < -0.4 is 5.73 Å². The van der Waals surface area contributed by atoms with Crippen LogP contribution in [0.1, 0.15) is 18.9 Å². The first-order valence-corrected chi connectivity index (χ1v) is 6.79. The predicted molar refractivity (Wildman–Crippen MR) is 68.0 cm³/mol. The molecule has 1 atom stereocenters. The van der Waals surface area contributed by atoms with Crippen molar-refractivity contribution in [2.24, 2.45) is 0 Å². The molecule has 0 fully saturated rings. The summed E-state index contributed by atoms with van der Waals surface area (Å²) in [4.78, 5) is 0.714. The van der Waals surface area contributed by atoms with E-state index in [2.05, 4.69) is 6.92 Å². The highest BCUT2D eigenvalue weighted by Gasteiger charge is 2.07. The van der Waals surface area contributed by atoms with Crippen LogP contribution in [0.5, 0.6) is 0 Å². The van der Waals surface area contributed by atoms with Gasteiger partial charge in [-0.2, -0.15) is 0 Å². The van der Waals surface area contributed by atoms with Gasteiger partial charge in [0.05, 0.1) is 28.1 Å². The molecule has 0 aliphatic rings. The summed E-state index contributed by atoms with van der Waals surface area (Å²) in [5.74, 6) is 0.507. The monoisotopic (exact) mass is 241 g/mol. The van der Waals surface area contributed by atoms with Gasteiger partial charge in [-0.3, -0.25) is 4.21 Å². The van der Waals surface area contributed by atoms with Crippen LogP contribution in [-0.2, 0) is 15.5 Å². The van der Waals surface area contributed by atoms with Gasteiger partial charge in [-0.1, -0.05) is 13.0 Å². The number of benzene rings is 1. The van der Waals surface area contributed by atoms with Crippen molar-refractivity contribution in [2.75, 3.05) is 24.7 Å². The summed E-state index contributed by atoms with van der Waals surface area (Å²) in [5, 5.41) is 0. The molecule has 16 heavy (non-hydrogen) atoms. The van der Waals surface area contributed by atoms with Crippen LogP contribution in [-0.4, -0.2) is 23.2 Å². The summed E-state index contributed by atoms with van der Waals surface area (Å²) in [5.41, 5.74) is 7.51. The Morgan fingerprint density at radius 3 is 2.75 bits per heavy atom. The largest absolute Gasteiger partial charge is 0.398 e. The van der Waals surface area contributed by atoms with Gasteiger partial charge in [0.15, 0.2) is 0 Å². The molecule has 0 heterocycles. The summed E-state index contributed by atoms with van der Waals surface area (Å²) in [6.07, 6.45) is 0.985. The van der Waals surface area contributed by atoms with E-state index in [4.69, 9.17) is 10.5 Å². The zero-order valence-corrected chi connectivity index (χ0v) is 10.7. The lowest BCUT2D eigenvalue weighted by molar-refractivity contribution is 0.150. The number of aryl methyl sites for hydroxylation is 1. The van der Waals surface area contributed by atoms with Crippen molar-refractivity contribution < 1.29 is 8.95 Å². The van der Waals surface area contributed by atoms with Crippen molar-refractivity contribution in [3.8, 4) is 0 Å². The van der Waals surface area contributed by atoms with Crippen molar-refractivity contribution in [3.63, 3.8) is 0 Å². The molecule has 0 radical (unpaired) electrons.